The first kappa shape index (κ1) is 29.2. The molecule has 0 bridgehead atoms. The highest BCUT2D eigenvalue weighted by molar-refractivity contribution is 5.76. The number of hydrogen-bond acceptors (Lipinski definition) is 4. The fourth-order valence-corrected chi connectivity index (χ4v) is 3.82. The summed E-state index contributed by atoms with van der Waals surface area (Å²) in [5.41, 5.74) is 0.419. The highest BCUT2D eigenvalue weighted by Crippen LogP contribution is 2.28. The Bertz CT molecular complexity index is 660. The van der Waals surface area contributed by atoms with Crippen LogP contribution >= 0.6 is 0 Å². The van der Waals surface area contributed by atoms with E-state index in [1.54, 1.807) is 24.3 Å². The Balaban J connectivity index is 2.23. The quantitative estimate of drug-likeness (QED) is 0.125. The average Bonchev–Trinajstić information content (AvgIpc) is 2.75. The summed E-state index contributed by atoms with van der Waals surface area (Å²) in [4.78, 5) is 24.4. The molecule has 0 radical (unpaired) electrons. The molecule has 1 aromatic rings. The van der Waals surface area contributed by atoms with E-state index in [-0.39, 0.29) is 11.9 Å². The van der Waals surface area contributed by atoms with Crippen molar-refractivity contribution in [2.75, 3.05) is 0 Å². The first-order valence-corrected chi connectivity index (χ1v) is 13.3. The summed E-state index contributed by atoms with van der Waals surface area (Å²) >= 11 is 0. The van der Waals surface area contributed by atoms with Crippen molar-refractivity contribution in [3.8, 4) is 11.5 Å². The Morgan fingerprint density at radius 1 is 0.636 bits per heavy atom. The summed E-state index contributed by atoms with van der Waals surface area (Å²) in [6, 6.07) is 6.94. The van der Waals surface area contributed by atoms with Gasteiger partial charge in [-0.1, -0.05) is 110 Å². The molecular weight excluding hydrogens is 412 g/mol. The lowest BCUT2D eigenvalue weighted by molar-refractivity contribution is -0.137. The van der Waals surface area contributed by atoms with Gasteiger partial charge in [0, 0.05) is 12.8 Å². The third kappa shape index (κ3) is 16.4. The number of carbonyl (C=O) groups excluding carboxylic acids is 2. The number of benzene rings is 1. The number of para-hydroxylation sites is 2. The van der Waals surface area contributed by atoms with Crippen molar-refractivity contribution in [2.45, 2.75) is 130 Å². The lowest BCUT2D eigenvalue weighted by Crippen LogP contribution is -2.12. The minimum absolute atomic E-state index is 0.265. The van der Waals surface area contributed by atoms with E-state index >= 15 is 0 Å². The van der Waals surface area contributed by atoms with Crippen LogP contribution < -0.4 is 9.47 Å². The second-order valence-electron chi connectivity index (χ2n) is 10.4. The van der Waals surface area contributed by atoms with Crippen LogP contribution in [0, 0.1) is 5.41 Å². The van der Waals surface area contributed by atoms with E-state index in [9.17, 15) is 9.59 Å². The van der Waals surface area contributed by atoms with E-state index in [4.69, 9.17) is 9.47 Å². The smallest absolute Gasteiger partial charge is 0.311 e. The summed E-state index contributed by atoms with van der Waals surface area (Å²) in [5.74, 6) is 0.132. The second-order valence-corrected chi connectivity index (χ2v) is 10.4. The summed E-state index contributed by atoms with van der Waals surface area (Å²) in [7, 11) is 0. The molecular formula is C29H48O4. The molecule has 0 aliphatic heterocycles. The second kappa shape index (κ2) is 17.6. The average molecular weight is 461 g/mol. The first-order valence-electron chi connectivity index (χ1n) is 13.3. The molecule has 0 N–H and O–H groups in total. The van der Waals surface area contributed by atoms with Gasteiger partial charge in [0.05, 0.1) is 0 Å². The molecule has 4 heteroatoms. The van der Waals surface area contributed by atoms with Gasteiger partial charge in [-0.15, -0.1) is 0 Å². The predicted molar refractivity (Wildman–Crippen MR) is 137 cm³/mol. The third-order valence-corrected chi connectivity index (χ3v) is 5.84. The number of rotatable bonds is 18. The number of ether oxygens (including phenoxy) is 2. The minimum Gasteiger partial charge on any atom is -0.423 e. The molecule has 0 spiro atoms. The lowest BCUT2D eigenvalue weighted by Gasteiger charge is -2.17. The van der Waals surface area contributed by atoms with E-state index in [0.29, 0.717) is 29.8 Å². The minimum atomic E-state index is -0.265. The standard InChI is InChI=1S/C29H48O4/c1-5-6-7-8-9-12-15-22-27(30)32-25-20-17-18-21-26(25)33-28(31)23-16-13-10-11-14-19-24-29(2,3)4/h17-18,20-21H,5-16,19,22-24H2,1-4H3. The van der Waals surface area contributed by atoms with Crippen molar-refractivity contribution in [2.24, 2.45) is 5.41 Å². The summed E-state index contributed by atoms with van der Waals surface area (Å²) in [6.45, 7) is 9.07. The van der Waals surface area contributed by atoms with E-state index in [1.165, 1.54) is 57.8 Å². The van der Waals surface area contributed by atoms with Gasteiger partial charge in [0.25, 0.3) is 0 Å². The zero-order valence-corrected chi connectivity index (χ0v) is 21.8. The van der Waals surface area contributed by atoms with Crippen LogP contribution in [-0.2, 0) is 9.59 Å². The normalized spacial score (nSPS) is 11.4. The Labute approximate surface area is 202 Å². The largest absolute Gasteiger partial charge is 0.423 e. The zero-order chi connectivity index (χ0) is 24.4. The van der Waals surface area contributed by atoms with Gasteiger partial charge >= 0.3 is 11.9 Å². The third-order valence-electron chi connectivity index (χ3n) is 5.84. The molecule has 0 saturated carbocycles. The van der Waals surface area contributed by atoms with Crippen LogP contribution in [0.2, 0.25) is 0 Å². The fourth-order valence-electron chi connectivity index (χ4n) is 3.82. The maximum absolute atomic E-state index is 12.3. The molecule has 0 aliphatic rings. The van der Waals surface area contributed by atoms with Crippen LogP contribution in [0.25, 0.3) is 0 Å². The van der Waals surface area contributed by atoms with E-state index in [0.717, 1.165) is 32.1 Å². The Morgan fingerprint density at radius 3 is 1.45 bits per heavy atom. The number of carbonyl (C=O) groups is 2. The van der Waals surface area contributed by atoms with Crippen molar-refractivity contribution in [3.05, 3.63) is 24.3 Å². The Morgan fingerprint density at radius 2 is 1.03 bits per heavy atom. The Kier molecular flexibility index (Phi) is 15.6. The van der Waals surface area contributed by atoms with E-state index in [1.807, 2.05) is 0 Å². The molecule has 0 aromatic heterocycles. The molecule has 1 rings (SSSR count). The lowest BCUT2D eigenvalue weighted by atomic mass is 9.89. The number of hydrogen-bond donors (Lipinski definition) is 0. The first-order chi connectivity index (χ1) is 15.8. The maximum Gasteiger partial charge on any atom is 0.311 e. The van der Waals surface area contributed by atoms with Crippen LogP contribution in [0.15, 0.2) is 24.3 Å². The summed E-state index contributed by atoms with van der Waals surface area (Å²) < 4.78 is 11.0. The van der Waals surface area contributed by atoms with Gasteiger partial charge in [-0.25, -0.2) is 0 Å². The van der Waals surface area contributed by atoms with Crippen molar-refractivity contribution in [1.29, 1.82) is 0 Å². The molecule has 33 heavy (non-hydrogen) atoms. The van der Waals surface area contributed by atoms with E-state index < -0.39 is 0 Å². The molecule has 0 saturated heterocycles. The van der Waals surface area contributed by atoms with Crippen LogP contribution in [0.4, 0.5) is 0 Å². The SMILES string of the molecule is CCCCCCCCCC(=O)Oc1ccccc1OC(=O)CCCCCCCCC(C)(C)C. The van der Waals surface area contributed by atoms with Crippen LogP contribution in [0.1, 0.15) is 130 Å². The molecule has 0 heterocycles. The van der Waals surface area contributed by atoms with Crippen molar-refractivity contribution < 1.29 is 19.1 Å². The number of unbranched alkanes of at least 4 members (excludes halogenated alkanes) is 11. The molecule has 4 nitrogen and oxygen atoms in total. The summed E-state index contributed by atoms with van der Waals surface area (Å²) in [6.07, 6.45) is 16.9. The van der Waals surface area contributed by atoms with Gasteiger partial charge < -0.3 is 9.47 Å². The van der Waals surface area contributed by atoms with Gasteiger partial charge in [0.2, 0.25) is 0 Å². The monoisotopic (exact) mass is 460 g/mol. The highest BCUT2D eigenvalue weighted by Gasteiger charge is 2.13. The van der Waals surface area contributed by atoms with Gasteiger partial charge in [-0.05, 0) is 36.8 Å². The zero-order valence-electron chi connectivity index (χ0n) is 21.8. The molecule has 0 atom stereocenters. The molecule has 0 fully saturated rings. The highest BCUT2D eigenvalue weighted by atomic mass is 16.6. The van der Waals surface area contributed by atoms with Gasteiger partial charge in [0.15, 0.2) is 11.5 Å². The number of esters is 2. The van der Waals surface area contributed by atoms with Crippen molar-refractivity contribution in [3.63, 3.8) is 0 Å². The van der Waals surface area contributed by atoms with Crippen LogP contribution in [-0.4, -0.2) is 11.9 Å². The van der Waals surface area contributed by atoms with Crippen LogP contribution in [0.3, 0.4) is 0 Å². The van der Waals surface area contributed by atoms with Crippen molar-refractivity contribution >= 4 is 11.9 Å². The Hall–Kier alpha value is -1.84. The van der Waals surface area contributed by atoms with Crippen molar-refractivity contribution in [1.82, 2.24) is 0 Å². The topological polar surface area (TPSA) is 52.6 Å². The molecule has 1 aromatic carbocycles. The fraction of sp³-hybridized carbons (Fsp3) is 0.724. The van der Waals surface area contributed by atoms with Gasteiger partial charge in [-0.2, -0.15) is 0 Å². The predicted octanol–water partition coefficient (Wildman–Crippen LogP) is 8.81. The van der Waals surface area contributed by atoms with Gasteiger partial charge in [-0.3, -0.25) is 9.59 Å². The van der Waals surface area contributed by atoms with Gasteiger partial charge in [0.1, 0.15) is 0 Å². The molecule has 0 aliphatic carbocycles. The summed E-state index contributed by atoms with van der Waals surface area (Å²) in [5, 5.41) is 0. The maximum atomic E-state index is 12.3. The van der Waals surface area contributed by atoms with E-state index in [2.05, 4.69) is 27.7 Å². The molecule has 188 valence electrons. The van der Waals surface area contributed by atoms with Crippen LogP contribution in [0.5, 0.6) is 11.5 Å². The molecule has 0 unspecified atom stereocenters. The molecule has 0 amide bonds.